The molecule has 1 fully saturated rings. The fourth-order valence-electron chi connectivity index (χ4n) is 2.67. The molecule has 1 aromatic rings. The minimum Gasteiger partial charge on any atom is -0.325 e. The van der Waals surface area contributed by atoms with Crippen molar-refractivity contribution in [1.82, 2.24) is 10.2 Å². The fourth-order valence-corrected chi connectivity index (χ4v) is 2.67. The Labute approximate surface area is 125 Å². The zero-order valence-corrected chi connectivity index (χ0v) is 12.6. The monoisotopic (exact) mass is 293 g/mol. The van der Waals surface area contributed by atoms with Crippen molar-refractivity contribution in [2.45, 2.75) is 19.8 Å². The average molecular weight is 293 g/mol. The maximum atomic E-state index is 13.0. The standard InChI is InChI=1S/C16H24FN3O/c1-13(12-20-7-2-3-8-20)10-18-11-16(21)19-15-6-4-5-14(17)9-15/h4-6,9,13,18H,2-3,7-8,10-12H2,1H3,(H,19,21). The highest BCUT2D eigenvalue weighted by molar-refractivity contribution is 5.92. The van der Waals surface area contributed by atoms with Crippen molar-refractivity contribution in [3.05, 3.63) is 30.1 Å². The number of halogens is 1. The molecule has 4 nitrogen and oxygen atoms in total. The van der Waals surface area contributed by atoms with E-state index in [0.29, 0.717) is 11.6 Å². The van der Waals surface area contributed by atoms with Crippen LogP contribution in [-0.4, -0.2) is 43.5 Å². The van der Waals surface area contributed by atoms with Gasteiger partial charge in [0.1, 0.15) is 5.82 Å². The molecule has 1 aliphatic heterocycles. The summed E-state index contributed by atoms with van der Waals surface area (Å²) in [4.78, 5) is 14.2. The van der Waals surface area contributed by atoms with Crippen molar-refractivity contribution < 1.29 is 9.18 Å². The van der Waals surface area contributed by atoms with Crippen molar-refractivity contribution >= 4 is 11.6 Å². The van der Waals surface area contributed by atoms with Crippen molar-refractivity contribution in [2.75, 3.05) is 38.0 Å². The van der Waals surface area contributed by atoms with Gasteiger partial charge in [-0.3, -0.25) is 4.79 Å². The molecule has 0 aromatic heterocycles. The Hall–Kier alpha value is -1.46. The van der Waals surface area contributed by atoms with Gasteiger partial charge in [-0.1, -0.05) is 13.0 Å². The van der Waals surface area contributed by atoms with Crippen LogP contribution in [0.25, 0.3) is 0 Å². The van der Waals surface area contributed by atoms with E-state index in [1.54, 1.807) is 12.1 Å². The van der Waals surface area contributed by atoms with Gasteiger partial charge in [-0.2, -0.15) is 0 Å². The van der Waals surface area contributed by atoms with Crippen LogP contribution in [0.15, 0.2) is 24.3 Å². The van der Waals surface area contributed by atoms with E-state index in [9.17, 15) is 9.18 Å². The molecule has 1 heterocycles. The number of hydrogen-bond donors (Lipinski definition) is 2. The average Bonchev–Trinajstić information content (AvgIpc) is 2.91. The summed E-state index contributed by atoms with van der Waals surface area (Å²) in [5.41, 5.74) is 0.493. The number of nitrogens with one attached hydrogen (secondary N) is 2. The molecule has 0 radical (unpaired) electrons. The molecule has 1 unspecified atom stereocenters. The van der Waals surface area contributed by atoms with Crippen LogP contribution in [0.3, 0.4) is 0 Å². The van der Waals surface area contributed by atoms with Crippen LogP contribution in [0.2, 0.25) is 0 Å². The van der Waals surface area contributed by atoms with Crippen LogP contribution in [-0.2, 0) is 4.79 Å². The van der Waals surface area contributed by atoms with E-state index < -0.39 is 0 Å². The Kier molecular flexibility index (Phi) is 6.14. The normalized spacial score (nSPS) is 16.9. The molecule has 21 heavy (non-hydrogen) atoms. The smallest absolute Gasteiger partial charge is 0.238 e. The van der Waals surface area contributed by atoms with Crippen LogP contribution >= 0.6 is 0 Å². The molecule has 0 saturated carbocycles. The van der Waals surface area contributed by atoms with Crippen molar-refractivity contribution in [1.29, 1.82) is 0 Å². The van der Waals surface area contributed by atoms with E-state index >= 15 is 0 Å². The molecular formula is C16H24FN3O. The van der Waals surface area contributed by atoms with Gasteiger partial charge in [0, 0.05) is 12.2 Å². The van der Waals surface area contributed by atoms with Gasteiger partial charge in [-0.05, 0) is 56.6 Å². The highest BCUT2D eigenvalue weighted by Gasteiger charge is 2.14. The summed E-state index contributed by atoms with van der Waals surface area (Å²) in [5.74, 6) is 0.0269. The van der Waals surface area contributed by atoms with Gasteiger partial charge in [0.25, 0.3) is 0 Å². The summed E-state index contributed by atoms with van der Waals surface area (Å²) in [6, 6.07) is 5.93. The van der Waals surface area contributed by atoms with Gasteiger partial charge in [-0.25, -0.2) is 4.39 Å². The maximum absolute atomic E-state index is 13.0. The van der Waals surface area contributed by atoms with Gasteiger partial charge < -0.3 is 15.5 Å². The third-order valence-corrected chi connectivity index (χ3v) is 3.66. The van der Waals surface area contributed by atoms with Gasteiger partial charge in [0.2, 0.25) is 5.91 Å². The van der Waals surface area contributed by atoms with Crippen LogP contribution < -0.4 is 10.6 Å². The van der Waals surface area contributed by atoms with Crippen molar-refractivity contribution in [2.24, 2.45) is 5.92 Å². The fraction of sp³-hybridized carbons (Fsp3) is 0.562. The first kappa shape index (κ1) is 15.9. The summed E-state index contributed by atoms with van der Waals surface area (Å²) in [6.07, 6.45) is 2.60. The van der Waals surface area contributed by atoms with Gasteiger partial charge in [0.05, 0.1) is 6.54 Å². The summed E-state index contributed by atoms with van der Waals surface area (Å²) in [5, 5.41) is 5.84. The number of nitrogens with zero attached hydrogens (tertiary/aromatic N) is 1. The lowest BCUT2D eigenvalue weighted by Crippen LogP contribution is -2.35. The van der Waals surface area contributed by atoms with E-state index in [0.717, 1.165) is 13.1 Å². The molecule has 1 amide bonds. The quantitative estimate of drug-likeness (QED) is 0.809. The molecule has 1 saturated heterocycles. The minimum absolute atomic E-state index is 0.144. The summed E-state index contributed by atoms with van der Waals surface area (Å²) < 4.78 is 13.0. The molecular weight excluding hydrogens is 269 g/mol. The van der Waals surface area contributed by atoms with E-state index in [4.69, 9.17) is 0 Å². The molecule has 1 atom stereocenters. The molecule has 0 spiro atoms. The SMILES string of the molecule is CC(CNCC(=O)Nc1cccc(F)c1)CN1CCCC1. The third-order valence-electron chi connectivity index (χ3n) is 3.66. The lowest BCUT2D eigenvalue weighted by molar-refractivity contribution is -0.115. The second kappa shape index (κ2) is 8.10. The van der Waals surface area contributed by atoms with E-state index in [1.807, 2.05) is 0 Å². The highest BCUT2D eigenvalue weighted by Crippen LogP contribution is 2.10. The van der Waals surface area contributed by atoms with Gasteiger partial charge >= 0.3 is 0 Å². The predicted molar refractivity (Wildman–Crippen MR) is 82.7 cm³/mol. The summed E-state index contributed by atoms with van der Waals surface area (Å²) in [7, 11) is 0. The Morgan fingerprint density at radius 2 is 2.14 bits per heavy atom. The number of carbonyl (C=O) groups excluding carboxylic acids is 1. The summed E-state index contributed by atoms with van der Waals surface area (Å²) >= 11 is 0. The Morgan fingerprint density at radius 3 is 2.86 bits per heavy atom. The molecule has 1 aliphatic rings. The maximum Gasteiger partial charge on any atom is 0.238 e. The van der Waals surface area contributed by atoms with Gasteiger partial charge in [-0.15, -0.1) is 0 Å². The number of hydrogen-bond acceptors (Lipinski definition) is 3. The van der Waals surface area contributed by atoms with Crippen LogP contribution in [0.4, 0.5) is 10.1 Å². The minimum atomic E-state index is -0.347. The number of anilines is 1. The molecule has 5 heteroatoms. The molecule has 0 aliphatic carbocycles. The van der Waals surface area contributed by atoms with E-state index in [2.05, 4.69) is 22.5 Å². The predicted octanol–water partition coefficient (Wildman–Crippen LogP) is 2.09. The van der Waals surface area contributed by atoms with Crippen molar-refractivity contribution in [3.63, 3.8) is 0 Å². The van der Waals surface area contributed by atoms with Crippen LogP contribution in [0.1, 0.15) is 19.8 Å². The van der Waals surface area contributed by atoms with Crippen molar-refractivity contribution in [3.8, 4) is 0 Å². The van der Waals surface area contributed by atoms with Gasteiger partial charge in [0.15, 0.2) is 0 Å². The first-order valence-corrected chi connectivity index (χ1v) is 7.62. The lowest BCUT2D eigenvalue weighted by atomic mass is 10.1. The number of carbonyl (C=O) groups is 1. The largest absolute Gasteiger partial charge is 0.325 e. The Balaban J connectivity index is 1.62. The highest BCUT2D eigenvalue weighted by atomic mass is 19.1. The molecule has 0 bridgehead atoms. The molecule has 116 valence electrons. The Bertz CT molecular complexity index is 461. The van der Waals surface area contributed by atoms with E-state index in [1.165, 1.54) is 38.1 Å². The molecule has 2 N–H and O–H groups in total. The first-order chi connectivity index (χ1) is 10.1. The molecule has 1 aromatic carbocycles. The molecule has 2 rings (SSSR count). The topological polar surface area (TPSA) is 44.4 Å². The van der Waals surface area contributed by atoms with Crippen LogP contribution in [0.5, 0.6) is 0 Å². The second-order valence-electron chi connectivity index (χ2n) is 5.80. The lowest BCUT2D eigenvalue weighted by Gasteiger charge is -2.20. The third kappa shape index (κ3) is 5.81. The number of benzene rings is 1. The number of likely N-dealkylation sites (tertiary alicyclic amines) is 1. The number of amides is 1. The zero-order valence-electron chi connectivity index (χ0n) is 12.6. The second-order valence-corrected chi connectivity index (χ2v) is 5.80. The summed E-state index contributed by atoms with van der Waals surface area (Å²) in [6.45, 7) is 6.73. The van der Waals surface area contributed by atoms with E-state index in [-0.39, 0.29) is 18.3 Å². The van der Waals surface area contributed by atoms with Crippen LogP contribution in [0, 0.1) is 11.7 Å². The Morgan fingerprint density at radius 1 is 1.38 bits per heavy atom. The number of rotatable bonds is 7. The zero-order chi connectivity index (χ0) is 15.1. The first-order valence-electron chi connectivity index (χ1n) is 7.62.